The van der Waals surface area contributed by atoms with Crippen molar-refractivity contribution in [3.8, 4) is 0 Å². The molecule has 0 amide bonds. The van der Waals surface area contributed by atoms with Crippen molar-refractivity contribution in [1.29, 1.82) is 0 Å². The standard InChI is InChI=1S/C13H22F3NO5S.C12H23NO5S/c1-4-12(2,13(14,15)16)11(18)21-9-5-7-10(8-6-9)22-23(19,20)17-3;1-4-9(2)12(14)17-10-5-7-11(8-6-10)18-19(15,16)13-3/h9-10,17H,4-8H2,1-3H3;9-11,13H,4-8H2,1-3H3. The molecule has 2 aliphatic carbocycles. The van der Waals surface area contributed by atoms with E-state index in [1.165, 1.54) is 21.0 Å². The first kappa shape index (κ1) is 38.5. The van der Waals surface area contributed by atoms with Crippen LogP contribution in [-0.2, 0) is 48.0 Å². The van der Waals surface area contributed by atoms with E-state index < -0.39 is 56.8 Å². The lowest BCUT2D eigenvalue weighted by atomic mass is 9.86. The number of carbonyl (C=O) groups is 2. The molecule has 42 heavy (non-hydrogen) atoms. The zero-order valence-corrected chi connectivity index (χ0v) is 26.6. The van der Waals surface area contributed by atoms with Crippen molar-refractivity contribution in [2.75, 3.05) is 14.1 Å². The zero-order valence-electron chi connectivity index (χ0n) is 25.0. The van der Waals surface area contributed by atoms with Crippen LogP contribution >= 0.6 is 0 Å². The number of rotatable bonds is 12. The summed E-state index contributed by atoms with van der Waals surface area (Å²) in [7, 11) is -4.92. The second-order valence-electron chi connectivity index (χ2n) is 10.6. The molecular formula is C25H45F3N2O10S2. The van der Waals surface area contributed by atoms with E-state index in [9.17, 15) is 39.6 Å². The van der Waals surface area contributed by atoms with Crippen LogP contribution in [0, 0.1) is 11.3 Å². The summed E-state index contributed by atoms with van der Waals surface area (Å²) in [6, 6.07) is 0. The van der Waals surface area contributed by atoms with Crippen LogP contribution in [0.2, 0.25) is 0 Å². The van der Waals surface area contributed by atoms with Gasteiger partial charge in [0, 0.05) is 14.1 Å². The quantitative estimate of drug-likeness (QED) is 0.297. The van der Waals surface area contributed by atoms with Crippen molar-refractivity contribution < 1.29 is 57.4 Å². The highest BCUT2D eigenvalue weighted by molar-refractivity contribution is 7.84. The Labute approximate surface area is 247 Å². The van der Waals surface area contributed by atoms with Crippen molar-refractivity contribution in [2.24, 2.45) is 11.3 Å². The van der Waals surface area contributed by atoms with Crippen LogP contribution in [0.5, 0.6) is 0 Å². The van der Waals surface area contributed by atoms with Gasteiger partial charge in [-0.1, -0.05) is 20.8 Å². The van der Waals surface area contributed by atoms with Crippen molar-refractivity contribution in [3.63, 3.8) is 0 Å². The molecule has 0 radical (unpaired) electrons. The number of alkyl halides is 3. The van der Waals surface area contributed by atoms with Crippen LogP contribution in [0.4, 0.5) is 13.2 Å². The fourth-order valence-corrected chi connectivity index (χ4v) is 5.43. The van der Waals surface area contributed by atoms with Gasteiger partial charge < -0.3 is 9.47 Å². The van der Waals surface area contributed by atoms with Crippen molar-refractivity contribution in [1.82, 2.24) is 9.44 Å². The van der Waals surface area contributed by atoms with E-state index >= 15 is 0 Å². The third-order valence-corrected chi connectivity index (χ3v) is 9.67. The van der Waals surface area contributed by atoms with Gasteiger partial charge in [0.2, 0.25) is 0 Å². The number of halogens is 3. The third-order valence-electron chi connectivity index (χ3n) is 7.62. The van der Waals surface area contributed by atoms with Crippen LogP contribution in [-0.4, -0.2) is 73.5 Å². The molecule has 2 aliphatic rings. The summed E-state index contributed by atoms with van der Waals surface area (Å²) in [6.45, 7) is 5.89. The lowest BCUT2D eigenvalue weighted by molar-refractivity contribution is -0.234. The smallest absolute Gasteiger partial charge is 0.404 e. The van der Waals surface area contributed by atoms with E-state index in [0.29, 0.717) is 25.7 Å². The van der Waals surface area contributed by atoms with Crippen LogP contribution < -0.4 is 9.44 Å². The summed E-state index contributed by atoms with van der Waals surface area (Å²) in [5, 5.41) is 0. The molecule has 2 atom stereocenters. The molecule has 12 nitrogen and oxygen atoms in total. The summed E-state index contributed by atoms with van der Waals surface area (Å²) in [4.78, 5) is 23.5. The predicted molar refractivity (Wildman–Crippen MR) is 146 cm³/mol. The number of esters is 2. The van der Waals surface area contributed by atoms with E-state index in [4.69, 9.17) is 17.8 Å². The van der Waals surface area contributed by atoms with Gasteiger partial charge in [-0.25, -0.2) is 0 Å². The van der Waals surface area contributed by atoms with E-state index in [1.807, 2.05) is 18.6 Å². The fraction of sp³-hybridized carbons (Fsp3) is 0.920. The van der Waals surface area contributed by atoms with Gasteiger partial charge in [0.25, 0.3) is 0 Å². The largest absolute Gasteiger partial charge is 0.462 e. The number of hydrogen-bond acceptors (Lipinski definition) is 10. The first-order valence-electron chi connectivity index (χ1n) is 14.0. The Morgan fingerprint density at radius 2 is 1.12 bits per heavy atom. The molecule has 0 aromatic carbocycles. The molecular weight excluding hydrogens is 609 g/mol. The average Bonchev–Trinajstić information content (AvgIpc) is 2.93. The highest BCUT2D eigenvalue weighted by Crippen LogP contribution is 2.42. The highest BCUT2D eigenvalue weighted by atomic mass is 32.2. The maximum absolute atomic E-state index is 13.0. The van der Waals surface area contributed by atoms with E-state index in [-0.39, 0.29) is 49.8 Å². The van der Waals surface area contributed by atoms with Crippen LogP contribution in [0.1, 0.15) is 91.9 Å². The summed E-state index contributed by atoms with van der Waals surface area (Å²) < 4.78 is 108. The lowest BCUT2D eigenvalue weighted by Gasteiger charge is -2.33. The molecule has 0 bridgehead atoms. The second-order valence-corrected chi connectivity index (χ2v) is 13.7. The van der Waals surface area contributed by atoms with Crippen LogP contribution in [0.25, 0.3) is 0 Å². The molecule has 0 aliphatic heterocycles. The van der Waals surface area contributed by atoms with Gasteiger partial charge in [0.05, 0.1) is 18.1 Å². The Hall–Kier alpha value is -1.53. The fourth-order valence-electron chi connectivity index (χ4n) is 4.14. The Balaban J connectivity index is 0.000000428. The van der Waals surface area contributed by atoms with Gasteiger partial charge in [-0.05, 0) is 71.1 Å². The molecule has 0 spiro atoms. The van der Waals surface area contributed by atoms with Gasteiger partial charge in [-0.15, -0.1) is 0 Å². The Morgan fingerprint density at radius 3 is 1.43 bits per heavy atom. The molecule has 0 saturated heterocycles. The molecule has 2 N–H and O–H groups in total. The summed E-state index contributed by atoms with van der Waals surface area (Å²) in [5.41, 5.74) is -2.53. The second kappa shape index (κ2) is 16.5. The van der Waals surface area contributed by atoms with Crippen LogP contribution in [0.3, 0.4) is 0 Å². The van der Waals surface area contributed by atoms with Gasteiger partial charge in [-0.2, -0.15) is 39.5 Å². The SMILES string of the molecule is CCC(C)(C(=O)OC1CCC(OS(=O)(=O)NC)CC1)C(F)(F)F.CCC(C)C(=O)OC1CCC(OS(=O)(=O)NC)CC1. The first-order chi connectivity index (χ1) is 19.3. The number of ether oxygens (including phenoxy) is 2. The van der Waals surface area contributed by atoms with Crippen molar-refractivity contribution in [3.05, 3.63) is 0 Å². The molecule has 2 fully saturated rings. The monoisotopic (exact) mass is 654 g/mol. The van der Waals surface area contributed by atoms with Crippen molar-refractivity contribution >= 4 is 32.5 Å². The topological polar surface area (TPSA) is 163 Å². The predicted octanol–water partition coefficient (Wildman–Crippen LogP) is 3.67. The molecule has 248 valence electrons. The molecule has 0 heterocycles. The minimum Gasteiger partial charge on any atom is -0.462 e. The summed E-state index contributed by atoms with van der Waals surface area (Å²) >= 11 is 0. The molecule has 0 aromatic heterocycles. The van der Waals surface area contributed by atoms with Gasteiger partial charge in [0.1, 0.15) is 12.2 Å². The molecule has 2 unspecified atom stereocenters. The normalized spacial score (nSPS) is 25.7. The number of carbonyl (C=O) groups excluding carboxylic acids is 2. The number of nitrogens with one attached hydrogen (secondary N) is 2. The van der Waals surface area contributed by atoms with Gasteiger partial charge >= 0.3 is 38.7 Å². The third kappa shape index (κ3) is 12.2. The molecule has 0 aromatic rings. The summed E-state index contributed by atoms with van der Waals surface area (Å²) in [6.07, 6.45) is -2.45. The van der Waals surface area contributed by atoms with Gasteiger partial charge in [-0.3, -0.25) is 18.0 Å². The first-order valence-corrected chi connectivity index (χ1v) is 16.9. The zero-order chi connectivity index (χ0) is 32.4. The minimum absolute atomic E-state index is 0.0846. The van der Waals surface area contributed by atoms with E-state index in [0.717, 1.165) is 13.3 Å². The van der Waals surface area contributed by atoms with Crippen molar-refractivity contribution in [2.45, 2.75) is 122 Å². The lowest BCUT2D eigenvalue weighted by Crippen LogP contribution is -2.45. The summed E-state index contributed by atoms with van der Waals surface area (Å²) in [5.74, 6) is -1.55. The Bertz CT molecular complexity index is 1070. The Kier molecular flexibility index (Phi) is 15.1. The molecule has 2 rings (SSSR count). The number of hydrogen-bond donors (Lipinski definition) is 2. The molecule has 2 saturated carbocycles. The average molecular weight is 655 g/mol. The minimum atomic E-state index is -4.68. The van der Waals surface area contributed by atoms with Crippen LogP contribution in [0.15, 0.2) is 0 Å². The van der Waals surface area contributed by atoms with E-state index in [1.54, 1.807) is 0 Å². The molecule has 17 heteroatoms. The maximum Gasteiger partial charge on any atom is 0.404 e. The highest BCUT2D eigenvalue weighted by Gasteiger charge is 2.57. The maximum atomic E-state index is 13.0. The van der Waals surface area contributed by atoms with Gasteiger partial charge in [0.15, 0.2) is 5.41 Å². The Morgan fingerprint density at radius 1 is 0.762 bits per heavy atom. The van der Waals surface area contributed by atoms with E-state index in [2.05, 4.69) is 4.72 Å².